The number of hydrogen-bond acceptors (Lipinski definition) is 2. The van der Waals surface area contributed by atoms with Crippen LogP contribution in [0.15, 0.2) is 28.9 Å². The normalized spacial score (nSPS) is 12.9. The maximum atomic E-state index is 13.3. The highest BCUT2D eigenvalue weighted by Crippen LogP contribution is 2.31. The minimum absolute atomic E-state index is 0.118. The Morgan fingerprint density at radius 2 is 2.10 bits per heavy atom. The predicted molar refractivity (Wildman–Crippen MR) is 82.6 cm³/mol. The summed E-state index contributed by atoms with van der Waals surface area (Å²) in [6.45, 7) is 4.13. The van der Waals surface area contributed by atoms with Crippen molar-refractivity contribution in [3.8, 4) is 0 Å². The van der Waals surface area contributed by atoms with Crippen LogP contribution in [0.1, 0.15) is 37.2 Å². The Morgan fingerprint density at radius 1 is 1.40 bits per heavy atom. The highest BCUT2D eigenvalue weighted by Gasteiger charge is 2.22. The first-order valence-electron chi connectivity index (χ1n) is 6.30. The monoisotopic (exact) mass is 359 g/mol. The molecule has 20 heavy (non-hydrogen) atoms. The van der Waals surface area contributed by atoms with Crippen molar-refractivity contribution in [3.63, 3.8) is 0 Å². The summed E-state index contributed by atoms with van der Waals surface area (Å²) in [7, 11) is 1.85. The Morgan fingerprint density at radius 3 is 2.65 bits per heavy atom. The van der Waals surface area contributed by atoms with Crippen LogP contribution in [0.4, 0.5) is 4.39 Å². The predicted octanol–water partition coefficient (Wildman–Crippen LogP) is 4.33. The third kappa shape index (κ3) is 2.90. The minimum Gasteiger partial charge on any atom is -0.308 e. The van der Waals surface area contributed by atoms with Crippen LogP contribution in [0.5, 0.6) is 0 Å². The van der Waals surface area contributed by atoms with E-state index in [-0.39, 0.29) is 17.1 Å². The van der Waals surface area contributed by atoms with Crippen molar-refractivity contribution in [2.45, 2.75) is 25.9 Å². The first-order chi connectivity index (χ1) is 9.45. The fourth-order valence-electron chi connectivity index (χ4n) is 2.19. The Hall–Kier alpha value is -0.910. The zero-order valence-corrected chi connectivity index (χ0v) is 13.8. The maximum absolute atomic E-state index is 13.3. The highest BCUT2D eigenvalue weighted by molar-refractivity contribution is 9.10. The zero-order valence-electron chi connectivity index (χ0n) is 11.5. The van der Waals surface area contributed by atoms with Crippen LogP contribution in [0.3, 0.4) is 0 Å². The molecule has 1 atom stereocenters. The summed E-state index contributed by atoms with van der Waals surface area (Å²) in [5.74, 6) is -0.415. The molecule has 3 nitrogen and oxygen atoms in total. The quantitative estimate of drug-likeness (QED) is 0.879. The van der Waals surface area contributed by atoms with Crippen molar-refractivity contribution < 1.29 is 4.39 Å². The van der Waals surface area contributed by atoms with Gasteiger partial charge < -0.3 is 5.32 Å². The Balaban J connectivity index is 2.52. The lowest BCUT2D eigenvalue weighted by Gasteiger charge is -2.21. The second-order valence-electron chi connectivity index (χ2n) is 4.81. The number of aromatic nitrogens is 2. The first-order valence-corrected chi connectivity index (χ1v) is 7.48. The van der Waals surface area contributed by atoms with Gasteiger partial charge in [0.2, 0.25) is 0 Å². The summed E-state index contributed by atoms with van der Waals surface area (Å²) in [5, 5.41) is 7.72. The molecule has 0 amide bonds. The molecule has 1 aromatic heterocycles. The number of hydrogen-bond donors (Lipinski definition) is 1. The van der Waals surface area contributed by atoms with Gasteiger partial charge in [0.05, 0.1) is 27.4 Å². The molecule has 0 bridgehead atoms. The van der Waals surface area contributed by atoms with Gasteiger partial charge >= 0.3 is 0 Å². The van der Waals surface area contributed by atoms with Crippen LogP contribution in [0, 0.1) is 5.82 Å². The topological polar surface area (TPSA) is 29.9 Å². The van der Waals surface area contributed by atoms with Crippen molar-refractivity contribution in [2.75, 3.05) is 7.05 Å². The largest absolute Gasteiger partial charge is 0.308 e. The van der Waals surface area contributed by atoms with E-state index < -0.39 is 5.82 Å². The number of rotatable bonds is 4. The van der Waals surface area contributed by atoms with E-state index in [0.717, 1.165) is 15.7 Å². The summed E-state index contributed by atoms with van der Waals surface area (Å²) < 4.78 is 16.2. The molecular weight excluding hydrogens is 345 g/mol. The SMILES string of the molecule is CNC(c1ccc(F)c(Cl)c1)c1c(Br)cnn1C(C)C. The molecule has 0 aliphatic heterocycles. The molecule has 0 fully saturated rings. The zero-order chi connectivity index (χ0) is 14.9. The molecule has 0 radical (unpaired) electrons. The Bertz CT molecular complexity index is 612. The van der Waals surface area contributed by atoms with Gasteiger partial charge in [-0.2, -0.15) is 5.10 Å². The van der Waals surface area contributed by atoms with Gasteiger partial charge in [0, 0.05) is 6.04 Å². The van der Waals surface area contributed by atoms with E-state index in [1.807, 2.05) is 11.7 Å². The van der Waals surface area contributed by atoms with Gasteiger partial charge in [-0.1, -0.05) is 17.7 Å². The average molecular weight is 361 g/mol. The molecule has 108 valence electrons. The fourth-order valence-corrected chi connectivity index (χ4v) is 2.88. The van der Waals surface area contributed by atoms with Crippen molar-refractivity contribution in [3.05, 3.63) is 51.0 Å². The van der Waals surface area contributed by atoms with Crippen LogP contribution < -0.4 is 5.32 Å². The second-order valence-corrected chi connectivity index (χ2v) is 6.07. The van der Waals surface area contributed by atoms with E-state index in [1.165, 1.54) is 6.07 Å². The van der Waals surface area contributed by atoms with Crippen molar-refractivity contribution in [2.24, 2.45) is 0 Å². The highest BCUT2D eigenvalue weighted by atomic mass is 79.9. The maximum Gasteiger partial charge on any atom is 0.141 e. The van der Waals surface area contributed by atoms with E-state index in [4.69, 9.17) is 11.6 Å². The van der Waals surface area contributed by atoms with Gasteiger partial charge in [0.1, 0.15) is 5.82 Å². The van der Waals surface area contributed by atoms with Crippen molar-refractivity contribution in [1.29, 1.82) is 0 Å². The molecule has 2 rings (SSSR count). The Labute approximate surface area is 131 Å². The number of halogens is 3. The summed E-state index contributed by atoms with van der Waals surface area (Å²) in [6.07, 6.45) is 1.77. The number of benzene rings is 1. The summed E-state index contributed by atoms with van der Waals surface area (Å²) in [5.41, 5.74) is 1.88. The third-order valence-corrected chi connectivity index (χ3v) is 4.02. The van der Waals surface area contributed by atoms with Gasteiger partial charge in [-0.25, -0.2) is 4.39 Å². The lowest BCUT2D eigenvalue weighted by atomic mass is 10.0. The molecule has 0 aliphatic carbocycles. The van der Waals surface area contributed by atoms with Crippen molar-refractivity contribution >= 4 is 27.5 Å². The van der Waals surface area contributed by atoms with Crippen LogP contribution in [0.25, 0.3) is 0 Å². The molecule has 1 heterocycles. The van der Waals surface area contributed by atoms with Crippen molar-refractivity contribution in [1.82, 2.24) is 15.1 Å². The van der Waals surface area contributed by atoms with E-state index in [0.29, 0.717) is 0 Å². The lowest BCUT2D eigenvalue weighted by Crippen LogP contribution is -2.23. The second kappa shape index (κ2) is 6.24. The molecule has 6 heteroatoms. The third-order valence-electron chi connectivity index (χ3n) is 3.12. The minimum atomic E-state index is -0.415. The van der Waals surface area contributed by atoms with E-state index in [2.05, 4.69) is 40.2 Å². The summed E-state index contributed by atoms with van der Waals surface area (Å²) in [6, 6.07) is 4.86. The molecule has 1 unspecified atom stereocenters. The molecule has 0 aliphatic rings. The molecule has 1 aromatic carbocycles. The lowest BCUT2D eigenvalue weighted by molar-refractivity contribution is 0.483. The fraction of sp³-hybridized carbons (Fsp3) is 0.357. The molecule has 1 N–H and O–H groups in total. The summed E-state index contributed by atoms with van der Waals surface area (Å²) in [4.78, 5) is 0. The van der Waals surface area contributed by atoms with E-state index in [1.54, 1.807) is 18.3 Å². The van der Waals surface area contributed by atoms with Gasteiger partial charge in [-0.3, -0.25) is 4.68 Å². The standard InChI is InChI=1S/C14H16BrClFN3/c1-8(2)20-14(10(15)7-19-20)13(18-3)9-4-5-12(17)11(16)6-9/h4-8,13,18H,1-3H3. The van der Waals surface area contributed by atoms with Crippen LogP contribution >= 0.6 is 27.5 Å². The van der Waals surface area contributed by atoms with Crippen LogP contribution in [-0.4, -0.2) is 16.8 Å². The molecule has 0 saturated heterocycles. The number of nitrogens with one attached hydrogen (secondary N) is 1. The molecular formula is C14H16BrClFN3. The van der Waals surface area contributed by atoms with Gasteiger partial charge in [-0.05, 0) is 54.5 Å². The molecule has 0 spiro atoms. The Kier molecular flexibility index (Phi) is 4.83. The van der Waals surface area contributed by atoms with Crippen LogP contribution in [-0.2, 0) is 0 Å². The van der Waals surface area contributed by atoms with Crippen LogP contribution in [0.2, 0.25) is 5.02 Å². The molecule has 0 saturated carbocycles. The smallest absolute Gasteiger partial charge is 0.141 e. The first kappa shape index (κ1) is 15.5. The van der Waals surface area contributed by atoms with E-state index >= 15 is 0 Å². The van der Waals surface area contributed by atoms with Gasteiger partial charge in [0.15, 0.2) is 0 Å². The molecule has 2 aromatic rings. The van der Waals surface area contributed by atoms with Gasteiger partial charge in [-0.15, -0.1) is 0 Å². The summed E-state index contributed by atoms with van der Waals surface area (Å²) >= 11 is 9.41. The van der Waals surface area contributed by atoms with Gasteiger partial charge in [0.25, 0.3) is 0 Å². The van der Waals surface area contributed by atoms with E-state index in [9.17, 15) is 4.39 Å². The average Bonchev–Trinajstić information content (AvgIpc) is 2.77. The number of nitrogens with zero attached hydrogens (tertiary/aromatic N) is 2.